The molecule has 0 amide bonds. The van der Waals surface area contributed by atoms with Gasteiger partial charge in [0.1, 0.15) is 33.7 Å². The molecular formula is C13H22CoNO4+3. The summed E-state index contributed by atoms with van der Waals surface area (Å²) in [6.07, 6.45) is 6.75. The maximum atomic E-state index is 8.00. The minimum atomic E-state index is 0. The van der Waals surface area contributed by atoms with Gasteiger partial charge < -0.3 is 19.2 Å². The van der Waals surface area contributed by atoms with E-state index in [0.717, 1.165) is 6.54 Å². The molecule has 109 valence electrons. The predicted molar refractivity (Wildman–Crippen MR) is 70.0 cm³/mol. The molecule has 0 saturated carbocycles. The minimum Gasteiger partial charge on any atom is -0.307 e. The predicted octanol–water partition coefficient (Wildman–Crippen LogP) is 1.03. The molecule has 0 aliphatic carbocycles. The van der Waals surface area contributed by atoms with E-state index in [2.05, 4.69) is 36.0 Å². The molecule has 0 N–H and O–H groups in total. The van der Waals surface area contributed by atoms with Crippen LogP contribution in [0.4, 0.5) is 0 Å². The minimum absolute atomic E-state index is 0. The summed E-state index contributed by atoms with van der Waals surface area (Å²) in [5.74, 6) is 0. The average Bonchev–Trinajstić information content (AvgIpc) is 2.54. The maximum absolute atomic E-state index is 8.00. The molecule has 0 aliphatic rings. The van der Waals surface area contributed by atoms with E-state index < -0.39 is 0 Å². The second-order valence-corrected chi connectivity index (χ2v) is 2.47. The van der Waals surface area contributed by atoms with Gasteiger partial charge in [0, 0.05) is 18.6 Å². The van der Waals surface area contributed by atoms with Crippen molar-refractivity contribution in [2.24, 2.45) is 0 Å². The Labute approximate surface area is 125 Å². The van der Waals surface area contributed by atoms with Gasteiger partial charge in [-0.25, -0.2) is 4.57 Å². The van der Waals surface area contributed by atoms with Crippen molar-refractivity contribution in [1.82, 2.24) is 0 Å². The van der Waals surface area contributed by atoms with Crippen LogP contribution in [0.2, 0.25) is 0 Å². The van der Waals surface area contributed by atoms with Crippen molar-refractivity contribution >= 4 is 27.2 Å². The van der Waals surface area contributed by atoms with Crippen LogP contribution in [0.5, 0.6) is 0 Å². The van der Waals surface area contributed by atoms with Crippen LogP contribution >= 0.6 is 0 Å². The summed E-state index contributed by atoms with van der Waals surface area (Å²) in [5, 5.41) is 0. The number of carbonyl (C=O) groups excluding carboxylic acids is 4. The first-order valence-electron chi connectivity index (χ1n) is 5.03. The van der Waals surface area contributed by atoms with E-state index in [9.17, 15) is 0 Å². The van der Waals surface area contributed by atoms with E-state index in [0.29, 0.717) is 0 Å². The molecular weight excluding hydrogens is 293 g/mol. The second-order valence-electron chi connectivity index (χ2n) is 2.47. The molecule has 0 aliphatic heterocycles. The molecule has 6 heteroatoms. The Kier molecular flexibility index (Phi) is 70.5. The SMILES string of the molecule is C=O.C=O.C=O.C=O.CCCC[n+]1ccccc1.[Co+2]. The van der Waals surface area contributed by atoms with Crippen LogP contribution < -0.4 is 4.57 Å². The summed E-state index contributed by atoms with van der Waals surface area (Å²) < 4.78 is 2.21. The number of hydrogen-bond acceptors (Lipinski definition) is 4. The quantitative estimate of drug-likeness (QED) is 0.781. The number of carbonyl (C=O) groups is 4. The van der Waals surface area contributed by atoms with Crippen molar-refractivity contribution in [2.75, 3.05) is 0 Å². The summed E-state index contributed by atoms with van der Waals surface area (Å²) >= 11 is 0. The van der Waals surface area contributed by atoms with Gasteiger partial charge in [-0.3, -0.25) is 0 Å². The molecule has 0 spiro atoms. The largest absolute Gasteiger partial charge is 2.00 e. The molecule has 0 fully saturated rings. The van der Waals surface area contributed by atoms with Crippen molar-refractivity contribution in [3.63, 3.8) is 0 Å². The molecule has 1 heterocycles. The third-order valence-electron chi connectivity index (χ3n) is 1.55. The Morgan fingerprint density at radius 2 is 1.16 bits per heavy atom. The average molecular weight is 315 g/mol. The van der Waals surface area contributed by atoms with Gasteiger partial charge in [-0.1, -0.05) is 19.4 Å². The smallest absolute Gasteiger partial charge is 0.307 e. The molecule has 0 bridgehead atoms. The molecule has 0 saturated heterocycles. The molecule has 1 aromatic heterocycles. The van der Waals surface area contributed by atoms with Crippen molar-refractivity contribution in [3.05, 3.63) is 30.6 Å². The standard InChI is InChI=1S/C9H14N.4CH2O.Co/c1-2-3-7-10-8-5-4-6-9-10;4*1-2;/h4-6,8-9H,2-3,7H2,1H3;4*1H2;/q+1;;;;;+2. The Morgan fingerprint density at radius 1 is 0.789 bits per heavy atom. The molecule has 0 unspecified atom stereocenters. The van der Waals surface area contributed by atoms with Crippen molar-refractivity contribution in [3.8, 4) is 0 Å². The van der Waals surface area contributed by atoms with Gasteiger partial charge >= 0.3 is 16.8 Å². The summed E-state index contributed by atoms with van der Waals surface area (Å²) in [7, 11) is 0. The summed E-state index contributed by atoms with van der Waals surface area (Å²) in [5.41, 5.74) is 0. The number of aromatic nitrogens is 1. The first-order valence-corrected chi connectivity index (χ1v) is 5.03. The van der Waals surface area contributed by atoms with E-state index in [-0.39, 0.29) is 16.8 Å². The molecule has 1 radical (unpaired) electrons. The van der Waals surface area contributed by atoms with Crippen LogP contribution in [0.15, 0.2) is 30.6 Å². The Hall–Kier alpha value is -1.66. The van der Waals surface area contributed by atoms with Crippen LogP contribution in [0.3, 0.4) is 0 Å². The van der Waals surface area contributed by atoms with Gasteiger partial charge in [0.2, 0.25) is 0 Å². The number of nitrogens with zero attached hydrogens (tertiary/aromatic N) is 1. The van der Waals surface area contributed by atoms with Gasteiger partial charge in [0.25, 0.3) is 0 Å². The van der Waals surface area contributed by atoms with Crippen LogP contribution in [-0.4, -0.2) is 27.2 Å². The normalized spacial score (nSPS) is 5.95. The first-order chi connectivity index (χ1) is 8.93. The zero-order chi connectivity index (χ0) is 15.2. The Bertz CT molecular complexity index is 229. The third-order valence-corrected chi connectivity index (χ3v) is 1.55. The summed E-state index contributed by atoms with van der Waals surface area (Å²) in [6.45, 7) is 11.4. The number of pyridine rings is 1. The Balaban J connectivity index is -0.0000000628. The monoisotopic (exact) mass is 315 g/mol. The second kappa shape index (κ2) is 44.1. The van der Waals surface area contributed by atoms with E-state index >= 15 is 0 Å². The molecule has 5 nitrogen and oxygen atoms in total. The molecule has 0 aromatic carbocycles. The Morgan fingerprint density at radius 3 is 1.47 bits per heavy atom. The van der Waals surface area contributed by atoms with Crippen molar-refractivity contribution in [1.29, 1.82) is 0 Å². The van der Waals surface area contributed by atoms with Gasteiger partial charge in [0.05, 0.1) is 0 Å². The summed E-state index contributed by atoms with van der Waals surface area (Å²) in [4.78, 5) is 32.0. The summed E-state index contributed by atoms with van der Waals surface area (Å²) in [6, 6.07) is 6.17. The van der Waals surface area contributed by atoms with E-state index in [1.165, 1.54) is 12.8 Å². The fourth-order valence-corrected chi connectivity index (χ4v) is 0.924. The first kappa shape index (κ1) is 30.4. The number of aryl methyl sites for hydroxylation is 1. The van der Waals surface area contributed by atoms with Crippen LogP contribution in [0, 0.1) is 0 Å². The number of rotatable bonds is 3. The van der Waals surface area contributed by atoms with Crippen LogP contribution in [0.1, 0.15) is 19.8 Å². The molecule has 19 heavy (non-hydrogen) atoms. The zero-order valence-corrected chi connectivity index (χ0v) is 12.3. The van der Waals surface area contributed by atoms with Crippen molar-refractivity contribution in [2.45, 2.75) is 26.3 Å². The number of hydrogen-bond donors (Lipinski definition) is 0. The molecule has 1 aromatic rings. The zero-order valence-electron chi connectivity index (χ0n) is 11.3. The van der Waals surface area contributed by atoms with Gasteiger partial charge in [-0.2, -0.15) is 0 Å². The van der Waals surface area contributed by atoms with E-state index in [1.54, 1.807) is 0 Å². The van der Waals surface area contributed by atoms with Crippen molar-refractivity contribution < 1.29 is 40.5 Å². The topological polar surface area (TPSA) is 72.2 Å². The third kappa shape index (κ3) is 31.4. The molecule has 1 rings (SSSR count). The fraction of sp³-hybridized carbons (Fsp3) is 0.308. The fourth-order valence-electron chi connectivity index (χ4n) is 0.924. The van der Waals surface area contributed by atoms with Gasteiger partial charge in [0.15, 0.2) is 12.4 Å². The van der Waals surface area contributed by atoms with Gasteiger partial charge in [-0.15, -0.1) is 0 Å². The number of unbranched alkanes of at least 4 members (excludes halogenated alkanes) is 1. The van der Waals surface area contributed by atoms with E-state index in [1.807, 2.05) is 33.2 Å². The van der Waals surface area contributed by atoms with Crippen LogP contribution in [-0.2, 0) is 42.5 Å². The maximum Gasteiger partial charge on any atom is 2.00 e. The van der Waals surface area contributed by atoms with E-state index in [4.69, 9.17) is 19.2 Å². The van der Waals surface area contributed by atoms with Gasteiger partial charge in [-0.05, 0) is 0 Å². The van der Waals surface area contributed by atoms with Crippen LogP contribution in [0.25, 0.3) is 0 Å². The molecule has 0 atom stereocenters.